The van der Waals surface area contributed by atoms with Gasteiger partial charge in [-0.25, -0.2) is 9.48 Å². The highest BCUT2D eigenvalue weighted by Crippen LogP contribution is 2.19. The van der Waals surface area contributed by atoms with Crippen molar-refractivity contribution < 1.29 is 19.4 Å². The highest BCUT2D eigenvalue weighted by Gasteiger charge is 2.25. The Balaban J connectivity index is 1.75. The van der Waals surface area contributed by atoms with Crippen LogP contribution in [0.2, 0.25) is 5.02 Å². The molecule has 2 aromatic carbocycles. The molecule has 1 unspecified atom stereocenters. The van der Waals surface area contributed by atoms with Gasteiger partial charge >= 0.3 is 6.09 Å². The number of halogens is 1. The second-order valence-corrected chi connectivity index (χ2v) is 9.05. The van der Waals surface area contributed by atoms with Crippen LogP contribution >= 0.6 is 11.6 Å². The van der Waals surface area contributed by atoms with E-state index in [-0.39, 0.29) is 13.0 Å². The van der Waals surface area contributed by atoms with Crippen LogP contribution in [0.25, 0.3) is 5.69 Å². The van der Waals surface area contributed by atoms with Gasteiger partial charge < -0.3 is 20.5 Å². The predicted molar refractivity (Wildman–Crippen MR) is 129 cm³/mol. The second kappa shape index (κ2) is 11.1. The van der Waals surface area contributed by atoms with Crippen LogP contribution in [0.15, 0.2) is 54.7 Å². The molecular weight excluding hydrogens is 458 g/mol. The number of alkyl carbamates (subject to hydrolysis) is 1. The molecule has 3 aromatic rings. The maximum absolute atomic E-state index is 13.1. The molecule has 1 aromatic heterocycles. The number of hydrogen-bond acceptors (Lipinski definition) is 6. The van der Waals surface area contributed by atoms with Gasteiger partial charge in [0.05, 0.1) is 17.6 Å². The standard InChI is InChI=1S/C24H28ClN5O4/c1-24(2,3)34-23(33)28-21(14-16-6-4-5-7-20(16)25)22(32)27-17-8-10-18(11-9-17)30-19(12-13-31)15-26-29-30/h4-11,15,21,31H,12-14H2,1-3H3,(H,27,32)(H,28,33). The smallest absolute Gasteiger partial charge is 0.408 e. The van der Waals surface area contributed by atoms with Crippen LogP contribution in [0, 0.1) is 0 Å². The number of rotatable bonds is 8. The van der Waals surface area contributed by atoms with Gasteiger partial charge in [-0.05, 0) is 56.7 Å². The van der Waals surface area contributed by atoms with Gasteiger partial charge in [-0.15, -0.1) is 5.10 Å². The first-order valence-electron chi connectivity index (χ1n) is 10.8. The first-order valence-corrected chi connectivity index (χ1v) is 11.2. The molecule has 0 bridgehead atoms. The molecule has 0 spiro atoms. The van der Waals surface area contributed by atoms with Crippen molar-refractivity contribution in [3.05, 3.63) is 71.0 Å². The number of anilines is 1. The zero-order valence-corrected chi connectivity index (χ0v) is 20.0. The molecule has 34 heavy (non-hydrogen) atoms. The number of benzene rings is 2. The number of hydrogen-bond donors (Lipinski definition) is 3. The summed E-state index contributed by atoms with van der Waals surface area (Å²) in [6.45, 7) is 5.23. The minimum absolute atomic E-state index is 0.0149. The molecule has 0 saturated carbocycles. The summed E-state index contributed by atoms with van der Waals surface area (Å²) in [5.41, 5.74) is 2.05. The molecular formula is C24H28ClN5O4. The number of nitrogens with one attached hydrogen (secondary N) is 2. The van der Waals surface area contributed by atoms with E-state index in [0.717, 1.165) is 16.9 Å². The lowest BCUT2D eigenvalue weighted by Crippen LogP contribution is -2.47. The minimum Gasteiger partial charge on any atom is -0.444 e. The van der Waals surface area contributed by atoms with Crippen molar-refractivity contribution in [2.24, 2.45) is 0 Å². The van der Waals surface area contributed by atoms with Gasteiger partial charge in [-0.1, -0.05) is 35.0 Å². The lowest BCUT2D eigenvalue weighted by atomic mass is 10.0. The maximum atomic E-state index is 13.1. The van der Waals surface area contributed by atoms with E-state index in [2.05, 4.69) is 20.9 Å². The third-order valence-electron chi connectivity index (χ3n) is 4.76. The molecule has 0 radical (unpaired) electrons. The topological polar surface area (TPSA) is 118 Å². The Kier molecular flexibility index (Phi) is 8.25. The van der Waals surface area contributed by atoms with Gasteiger partial charge in [0, 0.05) is 30.2 Å². The summed E-state index contributed by atoms with van der Waals surface area (Å²) in [6.07, 6.45) is 1.50. The number of aliphatic hydroxyl groups is 1. The molecule has 10 heteroatoms. The summed E-state index contributed by atoms with van der Waals surface area (Å²) in [5, 5.41) is 23.1. The largest absolute Gasteiger partial charge is 0.444 e. The van der Waals surface area contributed by atoms with Crippen LogP contribution in [0.1, 0.15) is 32.0 Å². The molecule has 1 heterocycles. The number of aromatic nitrogens is 3. The third kappa shape index (κ3) is 7.03. The van der Waals surface area contributed by atoms with E-state index >= 15 is 0 Å². The Morgan fingerprint density at radius 1 is 1.15 bits per heavy atom. The number of nitrogens with zero attached hydrogens (tertiary/aromatic N) is 3. The van der Waals surface area contributed by atoms with E-state index in [1.165, 1.54) is 0 Å². The summed E-state index contributed by atoms with van der Waals surface area (Å²) in [7, 11) is 0. The van der Waals surface area contributed by atoms with E-state index < -0.39 is 23.6 Å². The van der Waals surface area contributed by atoms with Gasteiger partial charge in [0.1, 0.15) is 11.6 Å². The number of aliphatic hydroxyl groups excluding tert-OH is 1. The third-order valence-corrected chi connectivity index (χ3v) is 5.13. The molecule has 0 saturated heterocycles. The Morgan fingerprint density at radius 3 is 2.50 bits per heavy atom. The highest BCUT2D eigenvalue weighted by atomic mass is 35.5. The van der Waals surface area contributed by atoms with Crippen LogP contribution in [0.5, 0.6) is 0 Å². The van der Waals surface area contributed by atoms with Crippen LogP contribution in [-0.4, -0.2) is 50.4 Å². The lowest BCUT2D eigenvalue weighted by Gasteiger charge is -2.23. The SMILES string of the molecule is CC(C)(C)OC(=O)NC(Cc1ccccc1Cl)C(=O)Nc1ccc(-n2nncc2CCO)cc1. The second-order valence-electron chi connectivity index (χ2n) is 8.64. The van der Waals surface area contributed by atoms with Gasteiger partial charge in [0.2, 0.25) is 5.91 Å². The molecule has 180 valence electrons. The van der Waals surface area contributed by atoms with E-state index in [4.69, 9.17) is 16.3 Å². The zero-order chi connectivity index (χ0) is 24.7. The fourth-order valence-corrected chi connectivity index (χ4v) is 3.43. The Morgan fingerprint density at radius 2 is 1.85 bits per heavy atom. The quantitative estimate of drug-likeness (QED) is 0.449. The van der Waals surface area contributed by atoms with Crippen LogP contribution < -0.4 is 10.6 Å². The molecule has 3 N–H and O–H groups in total. The molecule has 1 atom stereocenters. The van der Waals surface area contributed by atoms with Crippen LogP contribution in [-0.2, 0) is 22.4 Å². The van der Waals surface area contributed by atoms with Crippen molar-refractivity contribution in [1.82, 2.24) is 20.3 Å². The lowest BCUT2D eigenvalue weighted by molar-refractivity contribution is -0.118. The molecule has 0 fully saturated rings. The zero-order valence-electron chi connectivity index (χ0n) is 19.3. The number of ether oxygens (including phenoxy) is 1. The Labute approximate surface area is 203 Å². The fourth-order valence-electron chi connectivity index (χ4n) is 3.22. The average molecular weight is 486 g/mol. The Hall–Kier alpha value is -3.43. The predicted octanol–water partition coefficient (Wildman–Crippen LogP) is 3.53. The van der Waals surface area contributed by atoms with Crippen molar-refractivity contribution >= 4 is 29.3 Å². The molecule has 3 rings (SSSR count). The molecule has 0 aliphatic rings. The first-order chi connectivity index (χ1) is 16.2. The van der Waals surface area contributed by atoms with E-state index in [0.29, 0.717) is 17.1 Å². The number of carbonyl (C=O) groups is 2. The van der Waals surface area contributed by atoms with Crippen molar-refractivity contribution in [3.8, 4) is 5.69 Å². The normalized spacial score (nSPS) is 12.1. The van der Waals surface area contributed by atoms with Crippen molar-refractivity contribution in [2.75, 3.05) is 11.9 Å². The van der Waals surface area contributed by atoms with Crippen molar-refractivity contribution in [1.29, 1.82) is 0 Å². The van der Waals surface area contributed by atoms with E-state index in [1.54, 1.807) is 74.1 Å². The summed E-state index contributed by atoms with van der Waals surface area (Å²) in [4.78, 5) is 25.5. The van der Waals surface area contributed by atoms with Gasteiger partial charge in [-0.3, -0.25) is 4.79 Å². The molecule has 0 aliphatic heterocycles. The number of carbonyl (C=O) groups excluding carboxylic acids is 2. The average Bonchev–Trinajstić information content (AvgIpc) is 3.22. The molecule has 2 amide bonds. The maximum Gasteiger partial charge on any atom is 0.408 e. The van der Waals surface area contributed by atoms with Crippen LogP contribution in [0.4, 0.5) is 10.5 Å². The number of amides is 2. The molecule has 0 aliphatic carbocycles. The molecule has 9 nitrogen and oxygen atoms in total. The van der Waals surface area contributed by atoms with E-state index in [9.17, 15) is 14.7 Å². The monoisotopic (exact) mass is 485 g/mol. The summed E-state index contributed by atoms with van der Waals surface area (Å²) in [5.74, 6) is -0.416. The highest BCUT2D eigenvalue weighted by molar-refractivity contribution is 6.31. The van der Waals surface area contributed by atoms with Crippen LogP contribution in [0.3, 0.4) is 0 Å². The van der Waals surface area contributed by atoms with Gasteiger partial charge in [0.25, 0.3) is 0 Å². The van der Waals surface area contributed by atoms with Gasteiger partial charge in [0.15, 0.2) is 0 Å². The van der Waals surface area contributed by atoms with Crippen molar-refractivity contribution in [2.45, 2.75) is 45.3 Å². The fraction of sp³-hybridized carbons (Fsp3) is 0.333. The summed E-state index contributed by atoms with van der Waals surface area (Å²) >= 11 is 6.27. The Bertz CT molecular complexity index is 1120. The summed E-state index contributed by atoms with van der Waals surface area (Å²) < 4.78 is 6.95. The summed E-state index contributed by atoms with van der Waals surface area (Å²) in [6, 6.07) is 13.2. The van der Waals surface area contributed by atoms with Gasteiger partial charge in [-0.2, -0.15) is 0 Å². The van der Waals surface area contributed by atoms with Crippen molar-refractivity contribution in [3.63, 3.8) is 0 Å². The minimum atomic E-state index is -0.916. The van der Waals surface area contributed by atoms with E-state index in [1.807, 2.05) is 6.07 Å². The first kappa shape index (κ1) is 25.2.